The molecular formula is C20H23ClN4. The van der Waals surface area contributed by atoms with E-state index in [1.54, 1.807) is 0 Å². The first kappa shape index (κ1) is 16.4. The first-order valence-electron chi connectivity index (χ1n) is 8.85. The largest absolute Gasteiger partial charge is 0.369 e. The van der Waals surface area contributed by atoms with E-state index in [1.807, 2.05) is 18.2 Å². The molecule has 1 aliphatic rings. The molecule has 4 nitrogen and oxygen atoms in total. The van der Waals surface area contributed by atoms with E-state index in [0.717, 1.165) is 53.6 Å². The summed E-state index contributed by atoms with van der Waals surface area (Å²) in [6.07, 6.45) is 0. The highest BCUT2D eigenvalue weighted by Crippen LogP contribution is 2.25. The number of piperazine rings is 1. The van der Waals surface area contributed by atoms with Gasteiger partial charge in [-0.3, -0.25) is 4.90 Å². The zero-order chi connectivity index (χ0) is 17.4. The summed E-state index contributed by atoms with van der Waals surface area (Å²) < 4.78 is 0. The van der Waals surface area contributed by atoms with Crippen LogP contribution in [0, 0.1) is 0 Å². The van der Waals surface area contributed by atoms with Crippen LogP contribution in [-0.4, -0.2) is 47.1 Å². The Kier molecular flexibility index (Phi) is 4.40. The predicted molar refractivity (Wildman–Crippen MR) is 105 cm³/mol. The van der Waals surface area contributed by atoms with E-state index in [-0.39, 0.29) is 0 Å². The number of halogens is 1. The number of benzene rings is 2. The van der Waals surface area contributed by atoms with Crippen molar-refractivity contribution in [2.45, 2.75) is 19.9 Å². The molecule has 3 aromatic rings. The van der Waals surface area contributed by atoms with Gasteiger partial charge < -0.3 is 9.88 Å². The van der Waals surface area contributed by atoms with Gasteiger partial charge in [-0.15, -0.1) is 0 Å². The molecule has 130 valence electrons. The summed E-state index contributed by atoms with van der Waals surface area (Å²) >= 11 is 6.05. The molecule has 0 amide bonds. The number of hydrogen-bond acceptors (Lipinski definition) is 3. The molecule has 2 heterocycles. The first-order chi connectivity index (χ1) is 12.1. The van der Waals surface area contributed by atoms with Crippen LogP contribution in [0.2, 0.25) is 5.02 Å². The monoisotopic (exact) mass is 354 g/mol. The van der Waals surface area contributed by atoms with Crippen LogP contribution in [0.4, 0.5) is 5.69 Å². The Bertz CT molecular complexity index is 861. The van der Waals surface area contributed by atoms with Crippen LogP contribution in [0.5, 0.6) is 0 Å². The zero-order valence-electron chi connectivity index (χ0n) is 14.7. The van der Waals surface area contributed by atoms with Gasteiger partial charge in [0.2, 0.25) is 0 Å². The highest BCUT2D eigenvalue weighted by atomic mass is 35.5. The molecule has 0 radical (unpaired) electrons. The molecule has 0 saturated carbocycles. The zero-order valence-corrected chi connectivity index (χ0v) is 15.4. The Morgan fingerprint density at radius 2 is 1.72 bits per heavy atom. The third kappa shape index (κ3) is 3.37. The van der Waals surface area contributed by atoms with E-state index in [0.29, 0.717) is 6.04 Å². The number of nitrogens with one attached hydrogen (secondary N) is 1. The van der Waals surface area contributed by atoms with Gasteiger partial charge in [-0.2, -0.15) is 0 Å². The van der Waals surface area contributed by atoms with Crippen LogP contribution in [-0.2, 0) is 0 Å². The summed E-state index contributed by atoms with van der Waals surface area (Å²) in [5.41, 5.74) is 4.29. The second-order valence-corrected chi connectivity index (χ2v) is 7.35. The molecule has 0 atom stereocenters. The summed E-state index contributed by atoms with van der Waals surface area (Å²) in [4.78, 5) is 13.0. The third-order valence-corrected chi connectivity index (χ3v) is 5.23. The van der Waals surface area contributed by atoms with Gasteiger partial charge in [0.15, 0.2) is 0 Å². The number of nitrogens with zero attached hydrogens (tertiary/aromatic N) is 3. The fourth-order valence-corrected chi connectivity index (χ4v) is 3.62. The first-order valence-corrected chi connectivity index (χ1v) is 9.22. The molecule has 2 aromatic carbocycles. The second kappa shape index (κ2) is 6.70. The molecule has 1 saturated heterocycles. The van der Waals surface area contributed by atoms with Gasteiger partial charge >= 0.3 is 0 Å². The van der Waals surface area contributed by atoms with Crippen LogP contribution >= 0.6 is 11.6 Å². The van der Waals surface area contributed by atoms with Gasteiger partial charge in [0.1, 0.15) is 5.82 Å². The van der Waals surface area contributed by atoms with Gasteiger partial charge in [-0.05, 0) is 56.3 Å². The van der Waals surface area contributed by atoms with E-state index in [4.69, 9.17) is 11.6 Å². The van der Waals surface area contributed by atoms with Gasteiger partial charge in [0.05, 0.1) is 11.0 Å². The Morgan fingerprint density at radius 1 is 1.00 bits per heavy atom. The van der Waals surface area contributed by atoms with Crippen molar-refractivity contribution in [3.63, 3.8) is 0 Å². The summed E-state index contributed by atoms with van der Waals surface area (Å²) in [6, 6.07) is 15.0. The summed E-state index contributed by atoms with van der Waals surface area (Å²) in [5, 5.41) is 0.721. The lowest BCUT2D eigenvalue weighted by molar-refractivity contribution is 0.209. The maximum Gasteiger partial charge on any atom is 0.138 e. The smallest absolute Gasteiger partial charge is 0.138 e. The molecule has 0 spiro atoms. The van der Waals surface area contributed by atoms with E-state index in [9.17, 15) is 0 Å². The van der Waals surface area contributed by atoms with Crippen molar-refractivity contribution in [2.24, 2.45) is 0 Å². The summed E-state index contributed by atoms with van der Waals surface area (Å²) in [5.74, 6) is 0.883. The SMILES string of the molecule is CC(C)N1CCN(c2ccc(-c3nc4ccc(Cl)cc4[nH]3)cc2)CC1. The topological polar surface area (TPSA) is 35.2 Å². The average molecular weight is 355 g/mol. The number of fused-ring (bicyclic) bond motifs is 1. The maximum absolute atomic E-state index is 6.05. The van der Waals surface area contributed by atoms with Crippen molar-refractivity contribution in [1.82, 2.24) is 14.9 Å². The van der Waals surface area contributed by atoms with Crippen molar-refractivity contribution in [3.8, 4) is 11.4 Å². The van der Waals surface area contributed by atoms with Crippen LogP contribution < -0.4 is 4.90 Å². The average Bonchev–Trinajstić information content (AvgIpc) is 3.05. The second-order valence-electron chi connectivity index (χ2n) is 6.91. The lowest BCUT2D eigenvalue weighted by Gasteiger charge is -2.38. The highest BCUT2D eigenvalue weighted by molar-refractivity contribution is 6.31. The molecule has 5 heteroatoms. The summed E-state index contributed by atoms with van der Waals surface area (Å²) in [6.45, 7) is 8.96. The van der Waals surface area contributed by atoms with E-state index in [1.165, 1.54) is 5.69 Å². The highest BCUT2D eigenvalue weighted by Gasteiger charge is 2.19. The fraction of sp³-hybridized carbons (Fsp3) is 0.350. The minimum atomic E-state index is 0.631. The van der Waals surface area contributed by atoms with Crippen molar-refractivity contribution in [3.05, 3.63) is 47.5 Å². The molecule has 0 unspecified atom stereocenters. The number of hydrogen-bond donors (Lipinski definition) is 1. The van der Waals surface area contributed by atoms with Crippen molar-refractivity contribution < 1.29 is 0 Å². The Labute approximate surface area is 153 Å². The van der Waals surface area contributed by atoms with Crippen LogP contribution in [0.3, 0.4) is 0 Å². The Hall–Kier alpha value is -2.04. The number of aromatic nitrogens is 2. The summed E-state index contributed by atoms with van der Waals surface area (Å²) in [7, 11) is 0. The van der Waals surface area contributed by atoms with Crippen LogP contribution in [0.1, 0.15) is 13.8 Å². The van der Waals surface area contributed by atoms with Crippen LogP contribution in [0.25, 0.3) is 22.4 Å². The van der Waals surface area contributed by atoms with E-state index < -0.39 is 0 Å². The molecule has 1 aliphatic heterocycles. The molecular weight excluding hydrogens is 332 g/mol. The molecule has 1 fully saturated rings. The Balaban J connectivity index is 1.51. The van der Waals surface area contributed by atoms with Gasteiger partial charge in [-0.1, -0.05) is 11.6 Å². The number of H-pyrrole nitrogens is 1. The lowest BCUT2D eigenvalue weighted by Crippen LogP contribution is -2.48. The quantitative estimate of drug-likeness (QED) is 0.756. The molecule has 1 N–H and O–H groups in total. The lowest BCUT2D eigenvalue weighted by atomic mass is 10.1. The normalized spacial score (nSPS) is 16.1. The molecule has 1 aromatic heterocycles. The standard InChI is InChI=1S/C20H23ClN4/c1-14(2)24-9-11-25(12-10-24)17-6-3-15(4-7-17)20-22-18-8-5-16(21)13-19(18)23-20/h3-8,13-14H,9-12H2,1-2H3,(H,22,23). The number of aromatic amines is 1. The molecule has 0 aliphatic carbocycles. The van der Waals surface area contributed by atoms with Crippen molar-refractivity contribution >= 4 is 28.3 Å². The molecule has 4 rings (SSSR count). The third-order valence-electron chi connectivity index (χ3n) is 4.99. The molecule has 25 heavy (non-hydrogen) atoms. The number of imidazole rings is 1. The van der Waals surface area contributed by atoms with Gasteiger partial charge in [0, 0.05) is 48.5 Å². The van der Waals surface area contributed by atoms with E-state index >= 15 is 0 Å². The van der Waals surface area contributed by atoms with E-state index in [2.05, 4.69) is 57.9 Å². The number of anilines is 1. The van der Waals surface area contributed by atoms with Crippen LogP contribution in [0.15, 0.2) is 42.5 Å². The Morgan fingerprint density at radius 3 is 2.40 bits per heavy atom. The maximum atomic E-state index is 6.05. The van der Waals surface area contributed by atoms with Gasteiger partial charge in [0.25, 0.3) is 0 Å². The van der Waals surface area contributed by atoms with Gasteiger partial charge in [-0.25, -0.2) is 4.98 Å². The van der Waals surface area contributed by atoms with Crippen molar-refractivity contribution in [2.75, 3.05) is 31.1 Å². The number of rotatable bonds is 3. The predicted octanol–water partition coefficient (Wildman–Crippen LogP) is 4.41. The minimum absolute atomic E-state index is 0.631. The molecule has 0 bridgehead atoms. The fourth-order valence-electron chi connectivity index (χ4n) is 3.45. The minimum Gasteiger partial charge on any atom is -0.369 e. The van der Waals surface area contributed by atoms with Crippen molar-refractivity contribution in [1.29, 1.82) is 0 Å².